The Labute approximate surface area is 65.1 Å². The van der Waals surface area contributed by atoms with Crippen LogP contribution < -0.4 is 5.73 Å². The molecule has 0 aliphatic rings. The van der Waals surface area contributed by atoms with Gasteiger partial charge in [-0.2, -0.15) is 0 Å². The first kappa shape index (κ1) is 7.65. The zero-order chi connectivity index (χ0) is 8.27. The van der Waals surface area contributed by atoms with Crippen molar-refractivity contribution in [1.29, 1.82) is 5.41 Å². The second kappa shape index (κ2) is 3.09. The lowest BCUT2D eigenvalue weighted by atomic mass is 10.4. The van der Waals surface area contributed by atoms with Crippen LogP contribution in [-0.2, 0) is 6.54 Å². The molecule has 0 spiro atoms. The molecule has 0 unspecified atom stereocenters. The molecule has 0 saturated carbocycles. The van der Waals surface area contributed by atoms with E-state index < -0.39 is 0 Å². The number of hydrogen-bond donors (Lipinski definition) is 2. The highest BCUT2D eigenvalue weighted by molar-refractivity contribution is 5.74. The summed E-state index contributed by atoms with van der Waals surface area (Å²) in [6.45, 7) is 0.544. The first-order valence-corrected chi connectivity index (χ1v) is 3.27. The highest BCUT2D eigenvalue weighted by atomic mass is 16.3. The quantitative estimate of drug-likeness (QED) is 0.483. The van der Waals surface area contributed by atoms with Crippen molar-refractivity contribution >= 4 is 5.96 Å². The van der Waals surface area contributed by atoms with Crippen LogP contribution in [0, 0.1) is 5.41 Å². The van der Waals surface area contributed by atoms with Gasteiger partial charge in [0.2, 0.25) is 0 Å². The van der Waals surface area contributed by atoms with E-state index in [2.05, 4.69) is 0 Å². The second-order valence-electron chi connectivity index (χ2n) is 2.32. The average molecular weight is 153 g/mol. The topological polar surface area (TPSA) is 66.2 Å². The van der Waals surface area contributed by atoms with Crippen LogP contribution in [0.25, 0.3) is 0 Å². The van der Waals surface area contributed by atoms with Gasteiger partial charge in [-0.15, -0.1) is 0 Å². The van der Waals surface area contributed by atoms with Crippen molar-refractivity contribution in [3.05, 3.63) is 24.2 Å². The third-order valence-corrected chi connectivity index (χ3v) is 1.38. The minimum atomic E-state index is 0.0430. The minimum absolute atomic E-state index is 0.0430. The van der Waals surface area contributed by atoms with Gasteiger partial charge in [0, 0.05) is 7.05 Å². The number of nitrogens with zero attached hydrogens (tertiary/aromatic N) is 1. The Bertz CT molecular complexity index is 230. The summed E-state index contributed by atoms with van der Waals surface area (Å²) in [5.41, 5.74) is 5.22. The van der Waals surface area contributed by atoms with Crippen LogP contribution in [0.4, 0.5) is 0 Å². The molecule has 3 N–H and O–H groups in total. The fourth-order valence-electron chi connectivity index (χ4n) is 0.721. The van der Waals surface area contributed by atoms with Gasteiger partial charge in [0.05, 0.1) is 12.8 Å². The molecule has 0 aliphatic heterocycles. The Hall–Kier alpha value is -1.45. The normalized spacial score (nSPS) is 9.55. The molecular formula is C7H11N3O. The predicted octanol–water partition coefficient (Wildman–Crippen LogP) is 0.605. The molecule has 0 atom stereocenters. The van der Waals surface area contributed by atoms with E-state index in [4.69, 9.17) is 15.6 Å². The van der Waals surface area contributed by atoms with E-state index in [9.17, 15) is 0 Å². The standard InChI is InChI=1S/C7H11N3O/c1-10(7(8)9)5-6-3-2-4-11-6/h2-4H,5H2,1H3,(H3,8,9). The Morgan fingerprint density at radius 1 is 1.82 bits per heavy atom. The maximum atomic E-state index is 7.06. The van der Waals surface area contributed by atoms with E-state index >= 15 is 0 Å². The van der Waals surface area contributed by atoms with Crippen LogP contribution in [0.2, 0.25) is 0 Å². The molecular weight excluding hydrogens is 142 g/mol. The molecule has 0 bridgehead atoms. The molecule has 1 rings (SSSR count). The Morgan fingerprint density at radius 2 is 2.55 bits per heavy atom. The summed E-state index contributed by atoms with van der Waals surface area (Å²) in [6.07, 6.45) is 1.60. The molecule has 1 heterocycles. The Kier molecular flexibility index (Phi) is 2.15. The van der Waals surface area contributed by atoms with Crippen LogP contribution in [0.5, 0.6) is 0 Å². The lowest BCUT2D eigenvalue weighted by molar-refractivity contribution is 0.406. The number of hydrogen-bond acceptors (Lipinski definition) is 2. The van der Waals surface area contributed by atoms with Gasteiger partial charge in [0.15, 0.2) is 5.96 Å². The fraction of sp³-hybridized carbons (Fsp3) is 0.286. The van der Waals surface area contributed by atoms with Gasteiger partial charge >= 0.3 is 0 Å². The average Bonchev–Trinajstić information content (AvgIpc) is 2.39. The van der Waals surface area contributed by atoms with Crippen molar-refractivity contribution in [1.82, 2.24) is 4.90 Å². The van der Waals surface area contributed by atoms with Gasteiger partial charge in [-0.25, -0.2) is 0 Å². The molecule has 0 aliphatic carbocycles. The number of nitrogens with one attached hydrogen (secondary N) is 1. The molecule has 1 aromatic rings. The third-order valence-electron chi connectivity index (χ3n) is 1.38. The van der Waals surface area contributed by atoms with Crippen molar-refractivity contribution in [3.8, 4) is 0 Å². The molecule has 1 aromatic heterocycles. The maximum absolute atomic E-state index is 7.06. The van der Waals surface area contributed by atoms with Gasteiger partial charge in [0.1, 0.15) is 5.76 Å². The van der Waals surface area contributed by atoms with Gasteiger partial charge in [0.25, 0.3) is 0 Å². The van der Waals surface area contributed by atoms with Gasteiger partial charge in [-0.3, -0.25) is 5.41 Å². The monoisotopic (exact) mass is 153 g/mol. The highest BCUT2D eigenvalue weighted by Gasteiger charge is 2.01. The number of furan rings is 1. The zero-order valence-corrected chi connectivity index (χ0v) is 6.37. The molecule has 4 nitrogen and oxygen atoms in total. The summed E-state index contributed by atoms with van der Waals surface area (Å²) in [6, 6.07) is 3.66. The summed E-state index contributed by atoms with van der Waals surface area (Å²) in [5.74, 6) is 0.851. The fourth-order valence-corrected chi connectivity index (χ4v) is 0.721. The zero-order valence-electron chi connectivity index (χ0n) is 6.37. The lowest BCUT2D eigenvalue weighted by Crippen LogP contribution is -2.31. The van der Waals surface area contributed by atoms with Crippen molar-refractivity contribution in [3.63, 3.8) is 0 Å². The lowest BCUT2D eigenvalue weighted by Gasteiger charge is -2.13. The largest absolute Gasteiger partial charge is 0.467 e. The Morgan fingerprint density at radius 3 is 3.00 bits per heavy atom. The first-order valence-electron chi connectivity index (χ1n) is 3.27. The molecule has 4 heteroatoms. The van der Waals surface area contributed by atoms with E-state index in [1.807, 2.05) is 12.1 Å². The summed E-state index contributed by atoms with van der Waals surface area (Å²) >= 11 is 0. The van der Waals surface area contributed by atoms with Crippen molar-refractivity contribution < 1.29 is 4.42 Å². The van der Waals surface area contributed by atoms with Gasteiger partial charge in [-0.05, 0) is 12.1 Å². The minimum Gasteiger partial charge on any atom is -0.467 e. The summed E-state index contributed by atoms with van der Waals surface area (Å²) in [7, 11) is 1.74. The summed E-state index contributed by atoms with van der Waals surface area (Å²) in [5, 5.41) is 7.06. The summed E-state index contributed by atoms with van der Waals surface area (Å²) in [4.78, 5) is 1.60. The van der Waals surface area contributed by atoms with Crippen LogP contribution in [0.3, 0.4) is 0 Å². The smallest absolute Gasteiger partial charge is 0.188 e. The van der Waals surface area contributed by atoms with Gasteiger partial charge in [-0.1, -0.05) is 0 Å². The molecule has 0 amide bonds. The number of guanidine groups is 1. The van der Waals surface area contributed by atoms with Gasteiger partial charge < -0.3 is 15.1 Å². The van der Waals surface area contributed by atoms with E-state index in [-0.39, 0.29) is 5.96 Å². The van der Waals surface area contributed by atoms with E-state index in [0.29, 0.717) is 6.54 Å². The van der Waals surface area contributed by atoms with Crippen molar-refractivity contribution in [2.75, 3.05) is 7.05 Å². The molecule has 60 valence electrons. The van der Waals surface area contributed by atoms with E-state index in [1.54, 1.807) is 18.2 Å². The highest BCUT2D eigenvalue weighted by Crippen LogP contribution is 2.02. The summed E-state index contributed by atoms with van der Waals surface area (Å²) < 4.78 is 5.06. The Balaban J connectivity index is 2.50. The molecule has 0 saturated heterocycles. The molecule has 0 aromatic carbocycles. The van der Waals surface area contributed by atoms with Crippen molar-refractivity contribution in [2.24, 2.45) is 5.73 Å². The number of rotatable bonds is 2. The van der Waals surface area contributed by atoms with E-state index in [0.717, 1.165) is 5.76 Å². The maximum Gasteiger partial charge on any atom is 0.188 e. The van der Waals surface area contributed by atoms with Crippen LogP contribution in [-0.4, -0.2) is 17.9 Å². The second-order valence-corrected chi connectivity index (χ2v) is 2.32. The van der Waals surface area contributed by atoms with E-state index in [1.165, 1.54) is 0 Å². The van der Waals surface area contributed by atoms with Crippen molar-refractivity contribution in [2.45, 2.75) is 6.54 Å². The first-order chi connectivity index (χ1) is 5.20. The van der Waals surface area contributed by atoms with Crippen LogP contribution >= 0.6 is 0 Å². The molecule has 0 radical (unpaired) electrons. The van der Waals surface area contributed by atoms with Crippen LogP contribution in [0.15, 0.2) is 22.8 Å². The molecule has 0 fully saturated rings. The molecule has 11 heavy (non-hydrogen) atoms. The van der Waals surface area contributed by atoms with Crippen LogP contribution in [0.1, 0.15) is 5.76 Å². The third kappa shape index (κ3) is 2.00. The predicted molar refractivity (Wildman–Crippen MR) is 42.1 cm³/mol. The number of nitrogens with two attached hydrogens (primary N) is 1. The SMILES string of the molecule is CN(Cc1ccco1)C(=N)N.